The molecule has 0 saturated carbocycles. The summed E-state index contributed by atoms with van der Waals surface area (Å²) in [5.74, 6) is -0.783. The number of hydrazine groups is 2. The van der Waals surface area contributed by atoms with Crippen LogP contribution >= 0.6 is 31.9 Å². The van der Waals surface area contributed by atoms with Crippen LogP contribution in [0.1, 0.15) is 19.8 Å². The van der Waals surface area contributed by atoms with Gasteiger partial charge in [-0.25, -0.2) is 14.6 Å². The van der Waals surface area contributed by atoms with Crippen molar-refractivity contribution in [2.75, 3.05) is 32.9 Å². The van der Waals surface area contributed by atoms with Gasteiger partial charge in [0.1, 0.15) is 9.50 Å². The number of carbonyl (C=O) groups is 2. The van der Waals surface area contributed by atoms with Gasteiger partial charge in [-0.05, 0) is 44.4 Å². The van der Waals surface area contributed by atoms with E-state index in [1.54, 1.807) is 6.08 Å². The molecule has 0 aromatic carbocycles. The molecule has 26 heavy (non-hydrogen) atoms. The van der Waals surface area contributed by atoms with E-state index in [-0.39, 0.29) is 6.61 Å². The molecular weight excluding hydrogens is 478 g/mol. The number of morpholine rings is 1. The lowest BCUT2D eigenvalue weighted by molar-refractivity contribution is -0.160. The van der Waals surface area contributed by atoms with Crippen molar-refractivity contribution in [3.8, 4) is 0 Å². The van der Waals surface area contributed by atoms with Crippen molar-refractivity contribution in [2.24, 2.45) is 0 Å². The molecule has 2 aliphatic rings. The van der Waals surface area contributed by atoms with Crippen LogP contribution in [-0.2, 0) is 28.6 Å². The first-order valence-corrected chi connectivity index (χ1v) is 9.73. The maximum absolute atomic E-state index is 12.0. The molecule has 0 amide bonds. The number of rotatable bonds is 9. The molecule has 0 radical (unpaired) electrons. The van der Waals surface area contributed by atoms with Crippen molar-refractivity contribution in [3.63, 3.8) is 0 Å². The molecule has 0 aliphatic carbocycles. The Morgan fingerprint density at radius 1 is 1.38 bits per heavy atom. The summed E-state index contributed by atoms with van der Waals surface area (Å²) in [6.07, 6.45) is 2.09. The third kappa shape index (κ3) is 6.72. The molecule has 2 rings (SSSR count). The topological polar surface area (TPSA) is 98.4 Å². The second kappa shape index (κ2) is 11.1. The molecule has 146 valence electrons. The normalized spacial score (nSPS) is 19.1. The fourth-order valence-electron chi connectivity index (χ4n) is 2.31. The fourth-order valence-corrected chi connectivity index (χ4v) is 2.70. The van der Waals surface area contributed by atoms with Crippen LogP contribution in [0.4, 0.5) is 0 Å². The minimum absolute atomic E-state index is 0.297. The molecular formula is C15H21Br2N3O6. The first-order chi connectivity index (χ1) is 12.5. The number of esters is 2. The first-order valence-electron chi connectivity index (χ1n) is 8.15. The van der Waals surface area contributed by atoms with Crippen LogP contribution in [0.15, 0.2) is 20.8 Å². The smallest absolute Gasteiger partial charge is 0.343 e. The van der Waals surface area contributed by atoms with Crippen molar-refractivity contribution < 1.29 is 28.6 Å². The van der Waals surface area contributed by atoms with Crippen LogP contribution < -0.4 is 11.1 Å². The average Bonchev–Trinajstić information content (AvgIpc) is 3.01. The average molecular weight is 499 g/mol. The van der Waals surface area contributed by atoms with Gasteiger partial charge in [0.2, 0.25) is 0 Å². The summed E-state index contributed by atoms with van der Waals surface area (Å²) in [6, 6.07) is 0. The van der Waals surface area contributed by atoms with Gasteiger partial charge < -0.3 is 14.2 Å². The molecule has 0 bridgehead atoms. The maximum atomic E-state index is 12.0. The van der Waals surface area contributed by atoms with E-state index in [2.05, 4.69) is 43.0 Å². The van der Waals surface area contributed by atoms with Crippen LogP contribution in [0.25, 0.3) is 0 Å². The maximum Gasteiger partial charge on any atom is 0.343 e. The van der Waals surface area contributed by atoms with Crippen molar-refractivity contribution >= 4 is 43.8 Å². The summed E-state index contributed by atoms with van der Waals surface area (Å²) >= 11 is 6.38. The molecule has 11 heteroatoms. The molecule has 2 N–H and O–H groups in total. The van der Waals surface area contributed by atoms with E-state index in [1.807, 2.05) is 11.9 Å². The monoisotopic (exact) mass is 497 g/mol. The largest absolute Gasteiger partial charge is 0.455 e. The predicted molar refractivity (Wildman–Crippen MR) is 98.5 cm³/mol. The Kier molecular flexibility index (Phi) is 9.19. The third-order valence-electron chi connectivity index (χ3n) is 3.56. The van der Waals surface area contributed by atoms with E-state index >= 15 is 0 Å². The standard InChI is InChI=1S/C15H21Br2N3O6/c1-2-3-11(10-8-12(14(16)17)26-15(10)22)25-13(21)9-24-19-18-20-4-6-23-7-5-20/h8,11,18-19H,2-7,9H2,1H3. The van der Waals surface area contributed by atoms with Gasteiger partial charge in [-0.2, -0.15) is 5.53 Å². The van der Waals surface area contributed by atoms with Crippen molar-refractivity contribution in [1.82, 2.24) is 16.1 Å². The zero-order valence-corrected chi connectivity index (χ0v) is 17.4. The van der Waals surface area contributed by atoms with Crippen LogP contribution in [0.5, 0.6) is 0 Å². The van der Waals surface area contributed by atoms with Crippen LogP contribution in [0.3, 0.4) is 0 Å². The first kappa shape index (κ1) is 21.5. The number of ether oxygens (including phenoxy) is 3. The van der Waals surface area contributed by atoms with Crippen LogP contribution in [-0.4, -0.2) is 56.0 Å². The second-order valence-corrected chi connectivity index (χ2v) is 8.13. The van der Waals surface area contributed by atoms with Gasteiger partial charge in [-0.1, -0.05) is 13.3 Å². The van der Waals surface area contributed by atoms with Gasteiger partial charge >= 0.3 is 11.9 Å². The summed E-state index contributed by atoms with van der Waals surface area (Å²) < 4.78 is 16.2. The quantitative estimate of drug-likeness (QED) is 0.277. The number of nitrogens with zero attached hydrogens (tertiary/aromatic N) is 1. The summed E-state index contributed by atoms with van der Waals surface area (Å²) in [5.41, 5.74) is 5.59. The van der Waals surface area contributed by atoms with E-state index in [4.69, 9.17) is 19.0 Å². The van der Waals surface area contributed by atoms with Gasteiger partial charge in [0.05, 0.1) is 18.8 Å². The van der Waals surface area contributed by atoms with Crippen LogP contribution in [0.2, 0.25) is 0 Å². The molecule has 2 heterocycles. The lowest BCUT2D eigenvalue weighted by Gasteiger charge is -2.26. The summed E-state index contributed by atoms with van der Waals surface area (Å²) in [4.78, 5) is 29.0. The highest BCUT2D eigenvalue weighted by Crippen LogP contribution is 2.30. The fraction of sp³-hybridized carbons (Fsp3) is 0.600. The molecule has 9 nitrogen and oxygen atoms in total. The Labute approximate surface area is 168 Å². The third-order valence-corrected chi connectivity index (χ3v) is 4.34. The highest BCUT2D eigenvalue weighted by Gasteiger charge is 2.31. The Morgan fingerprint density at radius 3 is 2.73 bits per heavy atom. The highest BCUT2D eigenvalue weighted by atomic mass is 79.9. The molecule has 1 fully saturated rings. The number of nitrogens with one attached hydrogen (secondary N) is 2. The van der Waals surface area contributed by atoms with Gasteiger partial charge in [0, 0.05) is 13.1 Å². The molecule has 1 saturated heterocycles. The molecule has 2 aliphatic heterocycles. The van der Waals surface area contributed by atoms with Gasteiger partial charge in [0.15, 0.2) is 12.4 Å². The van der Waals surface area contributed by atoms with E-state index in [9.17, 15) is 9.59 Å². The Morgan fingerprint density at radius 2 is 2.12 bits per heavy atom. The Balaban J connectivity index is 1.79. The van der Waals surface area contributed by atoms with E-state index in [0.717, 1.165) is 6.42 Å². The summed E-state index contributed by atoms with van der Waals surface area (Å²) in [6.45, 7) is 4.28. The number of allylic oxidation sites excluding steroid dienone is 1. The van der Waals surface area contributed by atoms with Gasteiger partial charge in [-0.15, -0.1) is 5.59 Å². The van der Waals surface area contributed by atoms with E-state index in [0.29, 0.717) is 47.4 Å². The minimum Gasteiger partial charge on any atom is -0.455 e. The number of hydrogen-bond acceptors (Lipinski definition) is 9. The van der Waals surface area contributed by atoms with Gasteiger partial charge in [-0.3, -0.25) is 4.84 Å². The molecule has 0 aromatic rings. The second-order valence-electron chi connectivity index (χ2n) is 5.48. The van der Waals surface area contributed by atoms with E-state index < -0.39 is 18.0 Å². The van der Waals surface area contributed by atoms with Crippen molar-refractivity contribution in [3.05, 3.63) is 20.8 Å². The molecule has 0 spiro atoms. The SMILES string of the molecule is CCCC(OC(=O)CONNN1CCOCC1)C1=CC(=C(Br)Br)OC1=O. The Bertz CT molecular complexity index is 574. The van der Waals surface area contributed by atoms with E-state index in [1.165, 1.54) is 0 Å². The predicted octanol–water partition coefficient (Wildman–Crippen LogP) is 1.41. The minimum atomic E-state index is -0.687. The van der Waals surface area contributed by atoms with Crippen molar-refractivity contribution in [1.29, 1.82) is 0 Å². The lowest BCUT2D eigenvalue weighted by Crippen LogP contribution is -2.52. The lowest BCUT2D eigenvalue weighted by atomic mass is 10.1. The number of cyclic esters (lactones) is 1. The zero-order valence-electron chi connectivity index (χ0n) is 14.3. The van der Waals surface area contributed by atoms with Gasteiger partial charge in [0.25, 0.3) is 0 Å². The molecule has 1 unspecified atom stereocenters. The summed E-state index contributed by atoms with van der Waals surface area (Å²) in [5, 5.41) is 1.86. The number of hydrogen-bond donors (Lipinski definition) is 2. The van der Waals surface area contributed by atoms with Crippen LogP contribution in [0, 0.1) is 0 Å². The molecule has 1 atom stereocenters. The zero-order chi connectivity index (χ0) is 18.9. The summed E-state index contributed by atoms with van der Waals surface area (Å²) in [7, 11) is 0. The highest BCUT2D eigenvalue weighted by molar-refractivity contribution is 9.28. The van der Waals surface area contributed by atoms with Crippen molar-refractivity contribution in [2.45, 2.75) is 25.9 Å². The Hall–Kier alpha value is -0.820. The number of carbonyl (C=O) groups excluding carboxylic acids is 2. The molecule has 0 aromatic heterocycles. The number of halogens is 2.